The lowest BCUT2D eigenvalue weighted by Crippen LogP contribution is -2.39. The maximum absolute atomic E-state index is 13.3. The van der Waals surface area contributed by atoms with E-state index in [0.717, 1.165) is 57.3 Å². The van der Waals surface area contributed by atoms with Crippen LogP contribution in [0.4, 0.5) is 4.39 Å². The summed E-state index contributed by atoms with van der Waals surface area (Å²) in [5.74, 6) is 0.285. The molecule has 0 radical (unpaired) electrons. The summed E-state index contributed by atoms with van der Waals surface area (Å²) in [6, 6.07) is 7.27. The van der Waals surface area contributed by atoms with E-state index in [1.54, 1.807) is 12.1 Å². The van der Waals surface area contributed by atoms with Gasteiger partial charge in [0.25, 0.3) is 0 Å². The van der Waals surface area contributed by atoms with Gasteiger partial charge in [-0.25, -0.2) is 4.39 Å². The summed E-state index contributed by atoms with van der Waals surface area (Å²) in [6.45, 7) is 2.69. The average molecular weight is 348 g/mol. The lowest BCUT2D eigenvalue weighted by Gasteiger charge is -2.27. The molecule has 0 aliphatic carbocycles. The van der Waals surface area contributed by atoms with Gasteiger partial charge in [-0.1, -0.05) is 12.1 Å². The number of nitrogens with one attached hydrogen (secondary N) is 3. The van der Waals surface area contributed by atoms with Gasteiger partial charge in [0.15, 0.2) is 0 Å². The largest absolute Gasteiger partial charge is 0.346 e. The number of hydrogen-bond acceptors (Lipinski definition) is 4. The number of halogens is 1. The van der Waals surface area contributed by atoms with E-state index in [4.69, 9.17) is 0 Å². The Hall–Kier alpha value is -1.50. The molecule has 0 bridgehead atoms. The van der Waals surface area contributed by atoms with Crippen molar-refractivity contribution >= 4 is 5.91 Å². The van der Waals surface area contributed by atoms with E-state index >= 15 is 0 Å². The number of hydrogen-bond donors (Lipinski definition) is 3. The number of benzene rings is 1. The van der Waals surface area contributed by atoms with Crippen LogP contribution in [-0.2, 0) is 4.79 Å². The molecule has 0 aromatic heterocycles. The maximum Gasteiger partial charge on any atom is 0.225 e. The Morgan fingerprint density at radius 1 is 1.28 bits per heavy atom. The molecule has 1 aromatic carbocycles. The SMILES string of the molecule is CN(CCCC1CC(c2cccc(F)c2)NN1)C(=O)C1CCNCC1. The molecule has 25 heavy (non-hydrogen) atoms. The Bertz CT molecular complexity index is 576. The highest BCUT2D eigenvalue weighted by molar-refractivity contribution is 5.78. The third-order valence-electron chi connectivity index (χ3n) is 5.34. The molecule has 0 spiro atoms. The first-order chi connectivity index (χ1) is 12.1. The zero-order valence-corrected chi connectivity index (χ0v) is 14.9. The van der Waals surface area contributed by atoms with Crippen molar-refractivity contribution in [2.75, 3.05) is 26.7 Å². The molecule has 3 N–H and O–H groups in total. The van der Waals surface area contributed by atoms with Crippen LogP contribution in [0.25, 0.3) is 0 Å². The van der Waals surface area contributed by atoms with Crippen molar-refractivity contribution in [2.24, 2.45) is 5.92 Å². The van der Waals surface area contributed by atoms with Crippen LogP contribution >= 0.6 is 0 Å². The number of amides is 1. The molecule has 2 atom stereocenters. The number of rotatable bonds is 6. The molecular formula is C19H29FN4O. The minimum Gasteiger partial charge on any atom is -0.346 e. The van der Waals surface area contributed by atoms with Crippen LogP contribution in [0.15, 0.2) is 24.3 Å². The van der Waals surface area contributed by atoms with E-state index < -0.39 is 0 Å². The number of nitrogens with zero attached hydrogens (tertiary/aromatic N) is 1. The molecule has 6 heteroatoms. The van der Waals surface area contributed by atoms with E-state index in [9.17, 15) is 9.18 Å². The highest BCUT2D eigenvalue weighted by atomic mass is 19.1. The lowest BCUT2D eigenvalue weighted by molar-refractivity contribution is -0.135. The molecule has 1 aromatic rings. The Kier molecular flexibility index (Phi) is 6.39. The maximum atomic E-state index is 13.3. The monoisotopic (exact) mass is 348 g/mol. The molecule has 5 nitrogen and oxygen atoms in total. The molecule has 0 saturated carbocycles. The predicted octanol–water partition coefficient (Wildman–Crippen LogP) is 1.97. The van der Waals surface area contributed by atoms with E-state index in [0.29, 0.717) is 6.04 Å². The van der Waals surface area contributed by atoms with Gasteiger partial charge in [0, 0.05) is 31.6 Å². The van der Waals surface area contributed by atoms with Crippen LogP contribution in [0.3, 0.4) is 0 Å². The van der Waals surface area contributed by atoms with Gasteiger partial charge < -0.3 is 10.2 Å². The first-order valence-corrected chi connectivity index (χ1v) is 9.35. The number of piperidine rings is 1. The summed E-state index contributed by atoms with van der Waals surface area (Å²) < 4.78 is 13.3. The standard InChI is InChI=1S/C19H29FN4O/c1-24(19(25)14-7-9-21-10-8-14)11-3-6-17-13-18(23-22-17)15-4-2-5-16(20)12-15/h2,4-5,12,14,17-18,21-23H,3,6-11,13H2,1H3. The van der Waals surface area contributed by atoms with Crippen LogP contribution in [0, 0.1) is 11.7 Å². The predicted molar refractivity (Wildman–Crippen MR) is 96.3 cm³/mol. The zero-order valence-electron chi connectivity index (χ0n) is 14.9. The fourth-order valence-corrected chi connectivity index (χ4v) is 3.82. The minimum atomic E-state index is -0.194. The van der Waals surface area contributed by atoms with Gasteiger partial charge in [-0.05, 0) is 62.9 Å². The molecule has 1 amide bonds. The fourth-order valence-electron chi connectivity index (χ4n) is 3.82. The number of carbonyl (C=O) groups is 1. The van der Waals surface area contributed by atoms with E-state index in [-0.39, 0.29) is 23.7 Å². The molecular weight excluding hydrogens is 319 g/mol. The van der Waals surface area contributed by atoms with Gasteiger partial charge in [0.1, 0.15) is 5.82 Å². The Morgan fingerprint density at radius 3 is 2.84 bits per heavy atom. The van der Waals surface area contributed by atoms with Gasteiger partial charge >= 0.3 is 0 Å². The van der Waals surface area contributed by atoms with Crippen molar-refractivity contribution < 1.29 is 9.18 Å². The average Bonchev–Trinajstić information content (AvgIpc) is 3.11. The van der Waals surface area contributed by atoms with Crippen molar-refractivity contribution in [1.82, 2.24) is 21.1 Å². The van der Waals surface area contributed by atoms with Gasteiger partial charge in [-0.3, -0.25) is 15.6 Å². The zero-order chi connectivity index (χ0) is 17.6. The lowest BCUT2D eigenvalue weighted by atomic mass is 9.96. The summed E-state index contributed by atoms with van der Waals surface area (Å²) >= 11 is 0. The fraction of sp³-hybridized carbons (Fsp3) is 0.632. The highest BCUT2D eigenvalue weighted by Gasteiger charge is 2.26. The minimum absolute atomic E-state index is 0.148. The smallest absolute Gasteiger partial charge is 0.225 e. The van der Waals surface area contributed by atoms with Crippen LogP contribution in [0.2, 0.25) is 0 Å². The summed E-state index contributed by atoms with van der Waals surface area (Å²) in [5.41, 5.74) is 7.55. The highest BCUT2D eigenvalue weighted by Crippen LogP contribution is 2.24. The van der Waals surface area contributed by atoms with Gasteiger partial charge in [0.05, 0.1) is 0 Å². The Labute approximate surface area is 149 Å². The van der Waals surface area contributed by atoms with Crippen molar-refractivity contribution in [2.45, 2.75) is 44.2 Å². The van der Waals surface area contributed by atoms with Gasteiger partial charge in [0.2, 0.25) is 5.91 Å². The van der Waals surface area contributed by atoms with E-state index in [1.165, 1.54) is 6.07 Å². The molecule has 2 unspecified atom stereocenters. The molecule has 138 valence electrons. The molecule has 3 rings (SSSR count). The van der Waals surface area contributed by atoms with Crippen LogP contribution in [0.1, 0.15) is 43.7 Å². The summed E-state index contributed by atoms with van der Waals surface area (Å²) in [4.78, 5) is 14.3. The van der Waals surface area contributed by atoms with Crippen molar-refractivity contribution in [3.05, 3.63) is 35.6 Å². The van der Waals surface area contributed by atoms with Crippen molar-refractivity contribution in [3.63, 3.8) is 0 Å². The normalized spacial score (nSPS) is 24.4. The van der Waals surface area contributed by atoms with Crippen LogP contribution < -0.4 is 16.2 Å². The molecule has 2 heterocycles. The number of carbonyl (C=O) groups excluding carboxylic acids is 1. The Balaban J connectivity index is 1.38. The molecule has 2 fully saturated rings. The van der Waals surface area contributed by atoms with E-state index in [1.807, 2.05) is 18.0 Å². The van der Waals surface area contributed by atoms with Crippen molar-refractivity contribution in [1.29, 1.82) is 0 Å². The molecule has 2 aliphatic heterocycles. The molecule has 2 aliphatic rings. The van der Waals surface area contributed by atoms with Crippen LogP contribution in [0.5, 0.6) is 0 Å². The summed E-state index contributed by atoms with van der Waals surface area (Å²) in [5, 5.41) is 3.30. The second-order valence-corrected chi connectivity index (χ2v) is 7.26. The third-order valence-corrected chi connectivity index (χ3v) is 5.34. The Morgan fingerprint density at radius 2 is 2.08 bits per heavy atom. The number of hydrazine groups is 1. The van der Waals surface area contributed by atoms with Crippen molar-refractivity contribution in [3.8, 4) is 0 Å². The second kappa shape index (κ2) is 8.74. The topological polar surface area (TPSA) is 56.4 Å². The summed E-state index contributed by atoms with van der Waals surface area (Å²) in [6.07, 6.45) is 4.82. The summed E-state index contributed by atoms with van der Waals surface area (Å²) in [7, 11) is 1.92. The second-order valence-electron chi connectivity index (χ2n) is 7.26. The third kappa shape index (κ3) is 5.00. The molecule has 2 saturated heterocycles. The van der Waals surface area contributed by atoms with E-state index in [2.05, 4.69) is 16.2 Å². The van der Waals surface area contributed by atoms with Gasteiger partial charge in [-0.2, -0.15) is 0 Å². The van der Waals surface area contributed by atoms with Crippen LogP contribution in [-0.4, -0.2) is 43.5 Å². The first kappa shape index (κ1) is 18.3. The first-order valence-electron chi connectivity index (χ1n) is 9.35. The van der Waals surface area contributed by atoms with Gasteiger partial charge in [-0.15, -0.1) is 0 Å². The quantitative estimate of drug-likeness (QED) is 0.736.